The number of nitrogens with one attached hydrogen (secondary N) is 3. The van der Waals surface area contributed by atoms with E-state index in [0.717, 1.165) is 28.1 Å². The Morgan fingerprint density at radius 3 is 2.30 bits per heavy atom. The normalized spacial score (nSPS) is 10.9. The summed E-state index contributed by atoms with van der Waals surface area (Å²) >= 11 is 0. The van der Waals surface area contributed by atoms with Gasteiger partial charge in [0, 0.05) is 35.2 Å². The summed E-state index contributed by atoms with van der Waals surface area (Å²) in [6.07, 6.45) is 1.51. The van der Waals surface area contributed by atoms with Crippen molar-refractivity contribution in [1.29, 1.82) is 0 Å². The van der Waals surface area contributed by atoms with E-state index in [2.05, 4.69) is 25.6 Å². The van der Waals surface area contributed by atoms with E-state index < -0.39 is 0 Å². The van der Waals surface area contributed by atoms with Gasteiger partial charge < -0.3 is 20.2 Å². The van der Waals surface area contributed by atoms with Crippen LogP contribution in [0, 0.1) is 6.92 Å². The number of rotatable bonds is 6. The van der Waals surface area contributed by atoms with E-state index in [9.17, 15) is 9.59 Å². The van der Waals surface area contributed by atoms with Gasteiger partial charge in [-0.25, -0.2) is 9.97 Å². The summed E-state index contributed by atoms with van der Waals surface area (Å²) in [6.45, 7) is 1.98. The van der Waals surface area contributed by atoms with Crippen LogP contribution in [0.3, 0.4) is 0 Å². The fourth-order valence-electron chi connectivity index (χ4n) is 4.55. The van der Waals surface area contributed by atoms with E-state index in [1.165, 1.54) is 10.9 Å². The van der Waals surface area contributed by atoms with Crippen molar-refractivity contribution in [2.45, 2.75) is 6.92 Å². The van der Waals surface area contributed by atoms with Crippen molar-refractivity contribution in [3.63, 3.8) is 0 Å². The summed E-state index contributed by atoms with van der Waals surface area (Å²) < 4.78 is 1.45. The first kappa shape index (κ1) is 24.8. The molecular formula is C32H26N6O2. The third-order valence-electron chi connectivity index (χ3n) is 6.72. The highest BCUT2D eigenvalue weighted by Gasteiger charge is 2.20. The fourth-order valence-corrected chi connectivity index (χ4v) is 4.55. The van der Waals surface area contributed by atoms with Crippen LogP contribution in [0.1, 0.15) is 16.1 Å². The predicted molar refractivity (Wildman–Crippen MR) is 159 cm³/mol. The molecule has 0 bridgehead atoms. The summed E-state index contributed by atoms with van der Waals surface area (Å²) in [4.78, 5) is 38.5. The van der Waals surface area contributed by atoms with Gasteiger partial charge in [-0.2, -0.15) is 0 Å². The lowest BCUT2D eigenvalue weighted by molar-refractivity contribution is 0.102. The van der Waals surface area contributed by atoms with Gasteiger partial charge in [0.2, 0.25) is 0 Å². The third kappa shape index (κ3) is 4.86. The lowest BCUT2D eigenvalue weighted by atomic mass is 10.1. The quantitative estimate of drug-likeness (QED) is 0.236. The molecule has 8 nitrogen and oxygen atoms in total. The lowest BCUT2D eigenvalue weighted by Crippen LogP contribution is -2.16. The molecule has 2 aromatic heterocycles. The maximum Gasteiger partial charge on any atom is 0.276 e. The molecule has 0 radical (unpaired) electrons. The number of imidazole rings is 1. The molecule has 0 unspecified atom stereocenters. The van der Waals surface area contributed by atoms with Gasteiger partial charge in [0.15, 0.2) is 5.69 Å². The summed E-state index contributed by atoms with van der Waals surface area (Å²) in [7, 11) is 1.68. The van der Waals surface area contributed by atoms with Gasteiger partial charge in [0.25, 0.3) is 11.5 Å². The second-order valence-electron chi connectivity index (χ2n) is 9.54. The number of carbonyl (C=O) groups is 1. The summed E-state index contributed by atoms with van der Waals surface area (Å²) in [5, 5.41) is 6.91. The molecule has 0 saturated heterocycles. The lowest BCUT2D eigenvalue weighted by Gasteiger charge is -2.13. The Kier molecular flexibility index (Phi) is 6.41. The van der Waals surface area contributed by atoms with Gasteiger partial charge in [-0.3, -0.25) is 9.59 Å². The third-order valence-corrected chi connectivity index (χ3v) is 6.72. The van der Waals surface area contributed by atoms with Crippen molar-refractivity contribution in [3.05, 3.63) is 125 Å². The second kappa shape index (κ2) is 10.3. The van der Waals surface area contributed by atoms with Crippen molar-refractivity contribution < 1.29 is 4.79 Å². The molecule has 0 aliphatic heterocycles. The molecule has 0 atom stereocenters. The maximum atomic E-state index is 13.6. The highest BCUT2D eigenvalue weighted by Crippen LogP contribution is 2.29. The Bertz CT molecular complexity index is 1910. The molecule has 0 fully saturated rings. The van der Waals surface area contributed by atoms with E-state index in [4.69, 9.17) is 0 Å². The number of aryl methyl sites for hydroxylation is 2. The van der Waals surface area contributed by atoms with Crippen LogP contribution in [-0.4, -0.2) is 25.4 Å². The number of carbonyl (C=O) groups excluding carboxylic acids is 1. The zero-order valence-electron chi connectivity index (χ0n) is 22.0. The molecule has 196 valence electrons. The van der Waals surface area contributed by atoms with Crippen molar-refractivity contribution >= 4 is 33.9 Å². The standard InChI is InChI=1S/C32H26N6O2/c1-20-13-14-24(18-27(20)34-23-15-16-26-25(17-23)32(40)38(2)19-33-26)35-31(39)29-28(21-9-5-3-6-10-21)36-30(37-29)22-11-7-4-8-12-22/h3-19,34H,1-2H3,(H,35,39)(H,36,37). The number of hydrogen-bond donors (Lipinski definition) is 3. The first-order valence-corrected chi connectivity index (χ1v) is 12.8. The van der Waals surface area contributed by atoms with Gasteiger partial charge in [0.1, 0.15) is 5.82 Å². The molecular weight excluding hydrogens is 500 g/mol. The minimum Gasteiger partial charge on any atom is -0.355 e. The number of aromatic nitrogens is 4. The number of fused-ring (bicyclic) bond motifs is 1. The Morgan fingerprint density at radius 1 is 0.850 bits per heavy atom. The van der Waals surface area contributed by atoms with Gasteiger partial charge in [-0.05, 0) is 42.8 Å². The van der Waals surface area contributed by atoms with Crippen LogP contribution in [-0.2, 0) is 7.05 Å². The number of anilines is 3. The van der Waals surface area contributed by atoms with E-state index >= 15 is 0 Å². The molecule has 4 aromatic carbocycles. The molecule has 40 heavy (non-hydrogen) atoms. The fraction of sp³-hybridized carbons (Fsp3) is 0.0625. The van der Waals surface area contributed by atoms with Crippen LogP contribution in [0.15, 0.2) is 108 Å². The smallest absolute Gasteiger partial charge is 0.276 e. The minimum absolute atomic E-state index is 0.116. The van der Waals surface area contributed by atoms with Crippen molar-refractivity contribution in [1.82, 2.24) is 19.5 Å². The highest BCUT2D eigenvalue weighted by molar-refractivity contribution is 6.07. The summed E-state index contributed by atoms with van der Waals surface area (Å²) in [5.41, 5.74) is 6.36. The molecule has 0 saturated carbocycles. The highest BCUT2D eigenvalue weighted by atomic mass is 16.2. The Morgan fingerprint density at radius 2 is 1.55 bits per heavy atom. The molecule has 1 amide bonds. The van der Waals surface area contributed by atoms with E-state index in [0.29, 0.717) is 33.8 Å². The van der Waals surface area contributed by atoms with Crippen LogP contribution in [0.2, 0.25) is 0 Å². The first-order chi connectivity index (χ1) is 19.5. The Labute approximate surface area is 230 Å². The molecule has 3 N–H and O–H groups in total. The number of amides is 1. The van der Waals surface area contributed by atoms with E-state index in [1.807, 2.05) is 97.9 Å². The van der Waals surface area contributed by atoms with E-state index in [-0.39, 0.29) is 11.5 Å². The zero-order chi connectivity index (χ0) is 27.6. The van der Waals surface area contributed by atoms with E-state index in [1.54, 1.807) is 13.1 Å². The number of benzene rings is 4. The van der Waals surface area contributed by atoms with Gasteiger partial charge in [0.05, 0.1) is 22.9 Å². The molecule has 2 heterocycles. The molecule has 8 heteroatoms. The monoisotopic (exact) mass is 526 g/mol. The molecule has 0 spiro atoms. The molecule has 6 aromatic rings. The Balaban J connectivity index is 1.31. The van der Waals surface area contributed by atoms with Crippen LogP contribution in [0.25, 0.3) is 33.5 Å². The first-order valence-electron chi connectivity index (χ1n) is 12.8. The van der Waals surface area contributed by atoms with Crippen LogP contribution in [0.5, 0.6) is 0 Å². The van der Waals surface area contributed by atoms with Gasteiger partial charge in [-0.15, -0.1) is 0 Å². The average molecular weight is 527 g/mol. The Hall–Kier alpha value is -5.50. The second-order valence-corrected chi connectivity index (χ2v) is 9.54. The zero-order valence-corrected chi connectivity index (χ0v) is 22.0. The predicted octanol–water partition coefficient (Wildman–Crippen LogP) is 6.29. The number of H-pyrrole nitrogens is 1. The number of hydrogen-bond acceptors (Lipinski definition) is 5. The van der Waals surface area contributed by atoms with Gasteiger partial charge >= 0.3 is 0 Å². The maximum absolute atomic E-state index is 13.6. The molecule has 6 rings (SSSR count). The van der Waals surface area contributed by atoms with Crippen LogP contribution >= 0.6 is 0 Å². The molecule has 0 aliphatic carbocycles. The van der Waals surface area contributed by atoms with Crippen LogP contribution < -0.4 is 16.2 Å². The van der Waals surface area contributed by atoms with Crippen LogP contribution in [0.4, 0.5) is 17.1 Å². The molecule has 0 aliphatic rings. The van der Waals surface area contributed by atoms with Gasteiger partial charge in [-0.1, -0.05) is 66.7 Å². The average Bonchev–Trinajstić information content (AvgIpc) is 3.44. The summed E-state index contributed by atoms with van der Waals surface area (Å²) in [5.74, 6) is 0.292. The van der Waals surface area contributed by atoms with Crippen molar-refractivity contribution in [2.24, 2.45) is 7.05 Å². The SMILES string of the molecule is Cc1ccc(NC(=O)c2nc(-c3ccccc3)[nH]c2-c2ccccc2)cc1Nc1ccc2ncn(C)c(=O)c2c1. The topological polar surface area (TPSA) is 105 Å². The largest absolute Gasteiger partial charge is 0.355 e. The van der Waals surface area contributed by atoms with Crippen molar-refractivity contribution in [2.75, 3.05) is 10.6 Å². The minimum atomic E-state index is -0.327. The number of aromatic amines is 1. The summed E-state index contributed by atoms with van der Waals surface area (Å²) in [6, 6.07) is 30.5. The van der Waals surface area contributed by atoms with Crippen molar-refractivity contribution in [3.8, 4) is 22.6 Å². The number of nitrogens with zero attached hydrogens (tertiary/aromatic N) is 3.